The molecule has 0 saturated heterocycles. The molecule has 1 N–H and O–H groups in total. The van der Waals surface area contributed by atoms with Crippen LogP contribution < -0.4 is 16.0 Å². The minimum Gasteiger partial charge on any atom is -0.497 e. The monoisotopic (exact) mass is 481 g/mol. The van der Waals surface area contributed by atoms with Crippen molar-refractivity contribution in [3.63, 3.8) is 0 Å². The fraction of sp³-hybridized carbons (Fsp3) is 0.360. The number of carbonyl (C=O) groups is 1. The van der Waals surface area contributed by atoms with E-state index in [1.54, 1.807) is 18.2 Å². The molecule has 0 fully saturated rings. The predicted octanol–water partition coefficient (Wildman–Crippen LogP) is 4.26. The summed E-state index contributed by atoms with van der Waals surface area (Å²) >= 11 is 1.36. The minimum atomic E-state index is -1.25. The zero-order valence-electron chi connectivity index (χ0n) is 19.6. The van der Waals surface area contributed by atoms with Crippen LogP contribution in [0.2, 0.25) is 0 Å². The zero-order valence-corrected chi connectivity index (χ0v) is 20.4. The van der Waals surface area contributed by atoms with Gasteiger partial charge >= 0.3 is 11.7 Å². The highest BCUT2D eigenvalue weighted by Gasteiger charge is 2.26. The number of benzene rings is 2. The van der Waals surface area contributed by atoms with Crippen LogP contribution in [0.4, 0.5) is 0 Å². The molecule has 0 radical (unpaired) electrons. The summed E-state index contributed by atoms with van der Waals surface area (Å²) in [6.07, 6.45) is 1.51. The molecule has 2 heterocycles. The summed E-state index contributed by atoms with van der Waals surface area (Å²) in [4.78, 5) is 39.2. The van der Waals surface area contributed by atoms with Gasteiger partial charge in [-0.1, -0.05) is 25.8 Å². The second-order valence-corrected chi connectivity index (χ2v) is 9.31. The number of rotatable bonds is 8. The van der Waals surface area contributed by atoms with Crippen LogP contribution in [-0.4, -0.2) is 31.7 Å². The Morgan fingerprint density at radius 2 is 1.97 bits per heavy atom. The van der Waals surface area contributed by atoms with Crippen LogP contribution in [0.15, 0.2) is 39.9 Å². The number of carboxylic acids is 1. The lowest BCUT2D eigenvalue weighted by Crippen LogP contribution is -2.44. The molecule has 1 unspecified atom stereocenters. The topological polar surface area (TPSA) is 103 Å². The number of aliphatic carboxylic acids is 1. The molecule has 8 nitrogen and oxygen atoms in total. The third kappa shape index (κ3) is 4.11. The van der Waals surface area contributed by atoms with Gasteiger partial charge in [-0.2, -0.15) is 4.37 Å². The summed E-state index contributed by atoms with van der Waals surface area (Å²) in [5, 5.41) is 11.1. The van der Waals surface area contributed by atoms with Gasteiger partial charge in [0.05, 0.1) is 35.0 Å². The fourth-order valence-corrected chi connectivity index (χ4v) is 5.43. The van der Waals surface area contributed by atoms with Crippen molar-refractivity contribution >= 4 is 38.5 Å². The molecule has 178 valence electrons. The SMILES string of the molecule is CCCCC(C(=O)O)n1c(=O)c2cc(OC)ccc2n(Cc2nsc3cc(C)cc(C)c23)c1=O. The number of carboxylic acid groups (broad SMARTS) is 1. The molecule has 0 bridgehead atoms. The van der Waals surface area contributed by atoms with Gasteiger partial charge in [0.2, 0.25) is 0 Å². The van der Waals surface area contributed by atoms with Crippen LogP contribution in [0.5, 0.6) is 5.75 Å². The second kappa shape index (κ2) is 9.42. The van der Waals surface area contributed by atoms with Crippen LogP contribution in [-0.2, 0) is 11.3 Å². The van der Waals surface area contributed by atoms with E-state index in [0.717, 1.165) is 32.2 Å². The first-order chi connectivity index (χ1) is 16.3. The Bertz CT molecular complexity index is 1520. The van der Waals surface area contributed by atoms with Gasteiger partial charge in [0, 0.05) is 5.39 Å². The molecule has 0 aliphatic carbocycles. The number of fused-ring (bicyclic) bond motifs is 2. The van der Waals surface area contributed by atoms with Gasteiger partial charge < -0.3 is 9.84 Å². The number of unbranched alkanes of at least 4 members (excludes halogenated alkanes) is 1. The maximum absolute atomic E-state index is 13.7. The summed E-state index contributed by atoms with van der Waals surface area (Å²) in [5.74, 6) is -0.751. The van der Waals surface area contributed by atoms with Gasteiger partial charge in [0.1, 0.15) is 11.8 Å². The summed E-state index contributed by atoms with van der Waals surface area (Å²) in [6, 6.07) is 7.77. The normalized spacial score (nSPS) is 12.4. The standard InChI is InChI=1S/C25H27N3O5S/c1-5-6-7-20(24(30)31)28-23(29)17-12-16(33-4)8-9-19(17)27(25(28)32)13-18-22-15(3)10-14(2)11-21(22)34-26-18/h8-12,20H,5-7,13H2,1-4H3,(H,30,31). The van der Waals surface area contributed by atoms with Gasteiger partial charge in [-0.3, -0.25) is 9.36 Å². The van der Waals surface area contributed by atoms with Crippen LogP contribution in [0.3, 0.4) is 0 Å². The lowest BCUT2D eigenvalue weighted by atomic mass is 10.1. The van der Waals surface area contributed by atoms with Crippen molar-refractivity contribution in [3.8, 4) is 5.75 Å². The van der Waals surface area contributed by atoms with Gasteiger partial charge in [-0.25, -0.2) is 14.2 Å². The van der Waals surface area contributed by atoms with Gasteiger partial charge in [-0.15, -0.1) is 0 Å². The van der Waals surface area contributed by atoms with E-state index in [1.165, 1.54) is 23.2 Å². The average Bonchev–Trinajstić information content (AvgIpc) is 3.20. The van der Waals surface area contributed by atoms with E-state index in [9.17, 15) is 19.5 Å². The molecule has 34 heavy (non-hydrogen) atoms. The van der Waals surface area contributed by atoms with Crippen LogP contribution in [0.1, 0.15) is 49.0 Å². The number of nitrogens with zero attached hydrogens (tertiary/aromatic N) is 3. The van der Waals surface area contributed by atoms with E-state index in [1.807, 2.05) is 20.8 Å². The van der Waals surface area contributed by atoms with Crippen molar-refractivity contribution in [2.24, 2.45) is 0 Å². The predicted molar refractivity (Wildman–Crippen MR) is 133 cm³/mol. The highest BCUT2D eigenvalue weighted by atomic mass is 32.1. The Kier molecular flexibility index (Phi) is 6.56. The number of methoxy groups -OCH3 is 1. The molecule has 0 spiro atoms. The number of ether oxygens (including phenoxy) is 1. The van der Waals surface area contributed by atoms with Gasteiger partial charge in [0.25, 0.3) is 5.56 Å². The third-order valence-electron chi connectivity index (χ3n) is 6.10. The molecular formula is C25H27N3O5S. The number of aryl methyl sites for hydroxylation is 2. The molecular weight excluding hydrogens is 454 g/mol. The smallest absolute Gasteiger partial charge is 0.332 e. The molecule has 0 amide bonds. The Morgan fingerprint density at radius 1 is 1.21 bits per heavy atom. The van der Waals surface area contributed by atoms with Crippen LogP contribution in [0, 0.1) is 13.8 Å². The van der Waals surface area contributed by atoms with Crippen molar-refractivity contribution in [3.05, 3.63) is 68.0 Å². The molecule has 1 atom stereocenters. The average molecular weight is 482 g/mol. The maximum atomic E-state index is 13.7. The second-order valence-electron chi connectivity index (χ2n) is 8.51. The fourth-order valence-electron chi connectivity index (χ4n) is 4.46. The number of hydrogen-bond acceptors (Lipinski definition) is 6. The lowest BCUT2D eigenvalue weighted by Gasteiger charge is -2.19. The summed E-state index contributed by atoms with van der Waals surface area (Å²) in [6.45, 7) is 6.08. The maximum Gasteiger partial charge on any atom is 0.332 e. The van der Waals surface area contributed by atoms with E-state index in [0.29, 0.717) is 23.4 Å². The van der Waals surface area contributed by atoms with Crippen molar-refractivity contribution in [1.29, 1.82) is 0 Å². The lowest BCUT2D eigenvalue weighted by molar-refractivity contribution is -0.141. The first-order valence-electron chi connectivity index (χ1n) is 11.2. The first kappa shape index (κ1) is 23.7. The molecule has 2 aromatic carbocycles. The van der Waals surface area contributed by atoms with E-state index < -0.39 is 23.3 Å². The van der Waals surface area contributed by atoms with E-state index >= 15 is 0 Å². The molecule has 0 saturated carbocycles. The van der Waals surface area contributed by atoms with E-state index in [4.69, 9.17) is 4.74 Å². The van der Waals surface area contributed by atoms with Crippen molar-refractivity contribution in [1.82, 2.24) is 13.5 Å². The van der Waals surface area contributed by atoms with Gasteiger partial charge in [0.15, 0.2) is 0 Å². The molecule has 4 aromatic rings. The highest BCUT2D eigenvalue weighted by Crippen LogP contribution is 2.29. The molecule has 0 aliphatic rings. The van der Waals surface area contributed by atoms with E-state index in [-0.39, 0.29) is 18.4 Å². The summed E-state index contributed by atoms with van der Waals surface area (Å²) in [7, 11) is 1.49. The van der Waals surface area contributed by atoms with Crippen LogP contribution >= 0.6 is 11.5 Å². The first-order valence-corrected chi connectivity index (χ1v) is 12.0. The van der Waals surface area contributed by atoms with E-state index in [2.05, 4.69) is 16.5 Å². The molecule has 9 heteroatoms. The largest absolute Gasteiger partial charge is 0.497 e. The third-order valence-corrected chi connectivity index (χ3v) is 6.93. The Hall–Kier alpha value is -3.46. The van der Waals surface area contributed by atoms with Crippen molar-refractivity contribution < 1.29 is 14.6 Å². The highest BCUT2D eigenvalue weighted by molar-refractivity contribution is 7.13. The Morgan fingerprint density at radius 3 is 2.65 bits per heavy atom. The quantitative estimate of drug-likeness (QED) is 0.403. The summed E-state index contributed by atoms with van der Waals surface area (Å²) < 4.78 is 13.2. The van der Waals surface area contributed by atoms with Gasteiger partial charge in [-0.05, 0) is 67.2 Å². The minimum absolute atomic E-state index is 0.117. The molecule has 2 aromatic heterocycles. The Labute approximate surface area is 200 Å². The van der Waals surface area contributed by atoms with Crippen molar-refractivity contribution in [2.75, 3.05) is 7.11 Å². The van der Waals surface area contributed by atoms with Crippen LogP contribution in [0.25, 0.3) is 21.0 Å². The number of aromatic nitrogens is 3. The Balaban J connectivity index is 2.00. The summed E-state index contributed by atoms with van der Waals surface area (Å²) in [5.41, 5.74) is 2.02. The number of hydrogen-bond donors (Lipinski definition) is 1. The molecule has 4 rings (SSSR count). The zero-order chi connectivity index (χ0) is 24.6. The molecule has 0 aliphatic heterocycles. The van der Waals surface area contributed by atoms with Crippen molar-refractivity contribution in [2.45, 2.75) is 52.6 Å².